The summed E-state index contributed by atoms with van der Waals surface area (Å²) in [5.41, 5.74) is 1.62. The Hall–Kier alpha value is -1.38. The van der Waals surface area contributed by atoms with E-state index < -0.39 is 0 Å². The average molecular weight is 229 g/mol. The molecule has 3 heterocycles. The fraction of sp³-hybridized carbons (Fsp3) is 0.571. The Bertz CT molecular complexity index is 437. The molecule has 90 valence electrons. The molecule has 3 rings (SSSR count). The fourth-order valence-electron chi connectivity index (χ4n) is 3.25. The van der Waals surface area contributed by atoms with Crippen molar-refractivity contribution in [2.24, 2.45) is 0 Å². The van der Waals surface area contributed by atoms with Crippen LogP contribution in [0.15, 0.2) is 23.9 Å². The first-order valence-corrected chi connectivity index (χ1v) is 6.50. The second-order valence-corrected chi connectivity index (χ2v) is 5.11. The summed E-state index contributed by atoms with van der Waals surface area (Å²) in [7, 11) is 0. The Morgan fingerprint density at radius 2 is 2.00 bits per heavy atom. The van der Waals surface area contributed by atoms with Gasteiger partial charge in [-0.15, -0.1) is 0 Å². The van der Waals surface area contributed by atoms with Gasteiger partial charge in [0.25, 0.3) is 0 Å². The van der Waals surface area contributed by atoms with E-state index in [0.29, 0.717) is 12.1 Å². The molecule has 2 aliphatic rings. The van der Waals surface area contributed by atoms with Crippen LogP contribution in [0.25, 0.3) is 0 Å². The Balaban J connectivity index is 1.91. The Morgan fingerprint density at radius 3 is 2.59 bits per heavy atom. The van der Waals surface area contributed by atoms with E-state index in [1.54, 1.807) is 5.57 Å². The van der Waals surface area contributed by atoms with Crippen LogP contribution in [0.3, 0.4) is 0 Å². The smallest absolute Gasteiger partial charge is 0.132 e. The molecule has 2 bridgehead atoms. The highest BCUT2D eigenvalue weighted by Gasteiger charge is 2.38. The third-order valence-electron chi connectivity index (χ3n) is 4.05. The summed E-state index contributed by atoms with van der Waals surface area (Å²) in [4.78, 5) is 11.3. The first kappa shape index (κ1) is 10.8. The molecule has 0 aromatic carbocycles. The van der Waals surface area contributed by atoms with E-state index in [-0.39, 0.29) is 0 Å². The van der Waals surface area contributed by atoms with Gasteiger partial charge in [-0.2, -0.15) is 0 Å². The molecule has 0 N–H and O–H groups in total. The van der Waals surface area contributed by atoms with Gasteiger partial charge in [-0.3, -0.25) is 0 Å². The number of nitrogens with zero attached hydrogens (tertiary/aromatic N) is 3. The lowest BCUT2D eigenvalue weighted by Crippen LogP contribution is -2.41. The molecule has 0 saturated carbocycles. The second kappa shape index (κ2) is 4.13. The highest BCUT2D eigenvalue weighted by atomic mass is 15.3. The summed E-state index contributed by atoms with van der Waals surface area (Å²) in [6.45, 7) is 4.13. The van der Waals surface area contributed by atoms with Gasteiger partial charge in [-0.1, -0.05) is 11.6 Å². The van der Waals surface area contributed by atoms with Gasteiger partial charge in [0.15, 0.2) is 0 Å². The number of hydrogen-bond donors (Lipinski definition) is 0. The quantitative estimate of drug-likeness (QED) is 0.693. The largest absolute Gasteiger partial charge is 0.350 e. The van der Waals surface area contributed by atoms with E-state index in [9.17, 15) is 0 Å². The molecule has 0 amide bonds. The molecular formula is C14H19N3. The second-order valence-electron chi connectivity index (χ2n) is 5.11. The third-order valence-corrected chi connectivity index (χ3v) is 4.05. The van der Waals surface area contributed by atoms with Crippen molar-refractivity contribution >= 4 is 5.82 Å². The SMILES string of the molecule is CC=C1CC2CCC(C1)N2c1ccnc(C)n1. The highest BCUT2D eigenvalue weighted by Crippen LogP contribution is 2.40. The lowest BCUT2D eigenvalue weighted by molar-refractivity contribution is 0.542. The zero-order chi connectivity index (χ0) is 11.8. The van der Waals surface area contributed by atoms with Crippen LogP contribution in [0, 0.1) is 6.92 Å². The predicted molar refractivity (Wildman–Crippen MR) is 69.0 cm³/mol. The minimum Gasteiger partial charge on any atom is -0.350 e. The standard InChI is InChI=1S/C14H19N3/c1-3-11-8-12-4-5-13(9-11)17(12)14-6-7-15-10(2)16-14/h3,6-7,12-13H,4-5,8-9H2,1-2H3. The fourth-order valence-corrected chi connectivity index (χ4v) is 3.25. The van der Waals surface area contributed by atoms with Crippen LogP contribution >= 0.6 is 0 Å². The third kappa shape index (κ3) is 1.84. The number of piperidine rings is 1. The summed E-state index contributed by atoms with van der Waals surface area (Å²) < 4.78 is 0. The molecule has 0 spiro atoms. The number of anilines is 1. The van der Waals surface area contributed by atoms with Gasteiger partial charge in [0.1, 0.15) is 11.6 Å². The van der Waals surface area contributed by atoms with Crippen molar-refractivity contribution in [1.29, 1.82) is 0 Å². The normalized spacial score (nSPS) is 27.4. The number of aromatic nitrogens is 2. The molecular weight excluding hydrogens is 210 g/mol. The van der Waals surface area contributed by atoms with Crippen LogP contribution in [-0.2, 0) is 0 Å². The van der Waals surface area contributed by atoms with Crippen molar-refractivity contribution in [3.05, 3.63) is 29.7 Å². The minimum atomic E-state index is 0.661. The summed E-state index contributed by atoms with van der Waals surface area (Å²) in [6.07, 6.45) is 9.23. The molecule has 3 nitrogen and oxygen atoms in total. The van der Waals surface area contributed by atoms with Crippen LogP contribution in [0.1, 0.15) is 38.4 Å². The first-order valence-electron chi connectivity index (χ1n) is 6.50. The topological polar surface area (TPSA) is 29.0 Å². The van der Waals surface area contributed by atoms with Crippen molar-refractivity contribution < 1.29 is 0 Å². The van der Waals surface area contributed by atoms with E-state index in [1.165, 1.54) is 25.7 Å². The molecule has 17 heavy (non-hydrogen) atoms. The van der Waals surface area contributed by atoms with Crippen LogP contribution in [0.4, 0.5) is 5.82 Å². The average Bonchev–Trinajstić information content (AvgIpc) is 2.60. The lowest BCUT2D eigenvalue weighted by atomic mass is 9.96. The lowest BCUT2D eigenvalue weighted by Gasteiger charge is -2.37. The maximum Gasteiger partial charge on any atom is 0.132 e. The monoisotopic (exact) mass is 229 g/mol. The van der Waals surface area contributed by atoms with Crippen molar-refractivity contribution in [2.45, 2.75) is 51.6 Å². The van der Waals surface area contributed by atoms with Crippen LogP contribution in [-0.4, -0.2) is 22.1 Å². The van der Waals surface area contributed by atoms with E-state index in [0.717, 1.165) is 11.6 Å². The Labute approximate surface area is 103 Å². The molecule has 2 fully saturated rings. The number of hydrogen-bond acceptors (Lipinski definition) is 3. The highest BCUT2D eigenvalue weighted by molar-refractivity contribution is 5.45. The molecule has 2 aliphatic heterocycles. The molecule has 2 atom stereocenters. The van der Waals surface area contributed by atoms with Crippen LogP contribution < -0.4 is 4.90 Å². The zero-order valence-electron chi connectivity index (χ0n) is 10.6. The van der Waals surface area contributed by atoms with Crippen molar-refractivity contribution in [1.82, 2.24) is 9.97 Å². The van der Waals surface area contributed by atoms with Gasteiger partial charge in [-0.25, -0.2) is 9.97 Å². The van der Waals surface area contributed by atoms with Gasteiger partial charge in [-0.05, 0) is 45.6 Å². The number of fused-ring (bicyclic) bond motifs is 2. The number of allylic oxidation sites excluding steroid dienone is 1. The first-order chi connectivity index (χ1) is 8.28. The van der Waals surface area contributed by atoms with Gasteiger partial charge in [0.05, 0.1) is 0 Å². The Morgan fingerprint density at radius 1 is 1.29 bits per heavy atom. The summed E-state index contributed by atoms with van der Waals surface area (Å²) in [5.74, 6) is 2.00. The van der Waals surface area contributed by atoms with Gasteiger partial charge >= 0.3 is 0 Å². The summed E-state index contributed by atoms with van der Waals surface area (Å²) in [5, 5.41) is 0. The van der Waals surface area contributed by atoms with E-state index in [1.807, 2.05) is 13.1 Å². The van der Waals surface area contributed by atoms with Crippen molar-refractivity contribution in [3.63, 3.8) is 0 Å². The number of aryl methyl sites for hydroxylation is 1. The number of rotatable bonds is 1. The molecule has 2 saturated heterocycles. The van der Waals surface area contributed by atoms with Gasteiger partial charge in [0, 0.05) is 18.3 Å². The van der Waals surface area contributed by atoms with E-state index >= 15 is 0 Å². The zero-order valence-corrected chi connectivity index (χ0v) is 10.6. The van der Waals surface area contributed by atoms with E-state index in [2.05, 4.69) is 33.9 Å². The van der Waals surface area contributed by atoms with Crippen LogP contribution in [0.5, 0.6) is 0 Å². The molecule has 0 radical (unpaired) electrons. The maximum atomic E-state index is 4.58. The molecule has 1 aromatic rings. The van der Waals surface area contributed by atoms with E-state index in [4.69, 9.17) is 0 Å². The molecule has 1 aromatic heterocycles. The maximum absolute atomic E-state index is 4.58. The molecule has 0 aliphatic carbocycles. The Kier molecular flexibility index (Phi) is 2.61. The summed E-state index contributed by atoms with van der Waals surface area (Å²) >= 11 is 0. The van der Waals surface area contributed by atoms with Crippen molar-refractivity contribution in [2.75, 3.05) is 4.90 Å². The summed E-state index contributed by atoms with van der Waals surface area (Å²) in [6, 6.07) is 3.38. The van der Waals surface area contributed by atoms with Crippen molar-refractivity contribution in [3.8, 4) is 0 Å². The van der Waals surface area contributed by atoms with Gasteiger partial charge < -0.3 is 4.90 Å². The van der Waals surface area contributed by atoms with Gasteiger partial charge in [0.2, 0.25) is 0 Å². The molecule has 3 heteroatoms. The predicted octanol–water partition coefficient (Wildman–Crippen LogP) is 2.86. The minimum absolute atomic E-state index is 0.661. The molecule has 2 unspecified atom stereocenters. The van der Waals surface area contributed by atoms with Crippen LogP contribution in [0.2, 0.25) is 0 Å².